The molecule has 0 aromatic carbocycles. The van der Waals surface area contributed by atoms with E-state index in [4.69, 9.17) is 38.1 Å². The van der Waals surface area contributed by atoms with E-state index >= 15 is 0 Å². The molecule has 0 fully saturated rings. The van der Waals surface area contributed by atoms with Crippen LogP contribution in [0, 0.1) is 11.8 Å². The number of ether oxygens (including phenoxy) is 2. The number of carboxylic acid groups (broad SMARTS) is 1. The molecule has 514 valence electrons. The molecule has 0 spiro atoms. The molecule has 7 atom stereocenters. The normalized spacial score (nSPS) is 13.8. The Morgan fingerprint density at radius 2 is 0.773 bits per heavy atom. The van der Waals surface area contributed by atoms with Crippen molar-refractivity contribution in [2.75, 3.05) is 50.9 Å². The van der Waals surface area contributed by atoms with Gasteiger partial charge in [-0.1, -0.05) is 181 Å². The summed E-state index contributed by atoms with van der Waals surface area (Å²) in [6.07, 6.45) is 34.8. The topological polar surface area (TPSA) is 362 Å². The minimum absolute atomic E-state index is 0.0339. The number of Topliss-reactive ketones (excluding diaryl/α,β-unsaturated/α-hetero) is 2. The van der Waals surface area contributed by atoms with E-state index < -0.39 is 90.4 Å². The summed E-state index contributed by atoms with van der Waals surface area (Å²) >= 11 is 1.22. The maximum atomic E-state index is 14.2. The van der Waals surface area contributed by atoms with Gasteiger partial charge in [-0.3, -0.25) is 33.6 Å². The number of rotatable bonds is 65. The van der Waals surface area contributed by atoms with Crippen LogP contribution < -0.4 is 44.6 Å². The van der Waals surface area contributed by atoms with E-state index in [0.29, 0.717) is 90.4 Å². The number of carbonyl (C=O) groups is 8. The second kappa shape index (κ2) is 59.6. The largest absolute Gasteiger partial charge is 0.480 e. The lowest BCUT2D eigenvalue weighted by Gasteiger charge is -2.25. The Morgan fingerprint density at radius 3 is 1.17 bits per heavy atom. The third-order valence-corrected chi connectivity index (χ3v) is 17.6. The molecule has 20 nitrogen and oxygen atoms in total. The van der Waals surface area contributed by atoms with Crippen LogP contribution in [-0.2, 0) is 47.8 Å². The number of ketones is 2. The van der Waals surface area contributed by atoms with E-state index in [1.165, 1.54) is 127 Å². The average molecular weight is 1270 g/mol. The van der Waals surface area contributed by atoms with E-state index in [1.807, 2.05) is 0 Å². The summed E-state index contributed by atoms with van der Waals surface area (Å²) in [7, 11) is 0. The number of esters is 2. The molecule has 15 N–H and O–H groups in total. The van der Waals surface area contributed by atoms with Crippen LogP contribution >= 0.6 is 11.8 Å². The molecule has 0 saturated carbocycles. The highest BCUT2D eigenvalue weighted by atomic mass is 32.2. The van der Waals surface area contributed by atoms with Crippen molar-refractivity contribution < 1.29 is 58.0 Å². The molecular formula is C67H128N8O12S. The van der Waals surface area contributed by atoms with Gasteiger partial charge in [-0.15, -0.1) is 0 Å². The Hall–Kier alpha value is -3.73. The van der Waals surface area contributed by atoms with Crippen molar-refractivity contribution in [2.24, 2.45) is 40.5 Å². The molecule has 0 aliphatic rings. The molecule has 0 bridgehead atoms. The number of thioether (sulfide) groups is 1. The van der Waals surface area contributed by atoms with Crippen molar-refractivity contribution in [3.63, 3.8) is 0 Å². The van der Waals surface area contributed by atoms with E-state index in [0.717, 1.165) is 38.5 Å². The number of aliphatic hydroxyl groups excluding tert-OH is 1. The summed E-state index contributed by atoms with van der Waals surface area (Å²) < 4.78 is 11.5. The molecule has 3 amide bonds. The fourth-order valence-corrected chi connectivity index (χ4v) is 11.7. The number of unbranched alkanes of at least 4 members (excludes halogenated alkanes) is 28. The van der Waals surface area contributed by atoms with Crippen molar-refractivity contribution in [2.45, 2.75) is 314 Å². The third-order valence-electron chi connectivity index (χ3n) is 16.4. The molecule has 0 aromatic rings. The van der Waals surface area contributed by atoms with Gasteiger partial charge in [0.1, 0.15) is 24.8 Å². The van der Waals surface area contributed by atoms with Crippen LogP contribution in [0.15, 0.2) is 0 Å². The summed E-state index contributed by atoms with van der Waals surface area (Å²) in [6, 6.07) is -4.82. The molecule has 1 unspecified atom stereocenters. The number of hydrogen-bond donors (Lipinski definition) is 10. The summed E-state index contributed by atoms with van der Waals surface area (Å²) in [6.45, 7) is 4.93. The van der Waals surface area contributed by atoms with E-state index in [-0.39, 0.29) is 75.0 Å². The maximum Gasteiger partial charge on any atom is 0.326 e. The standard InChI is InChI=1S/C67H128N8O12S/c1-3-5-7-9-11-13-15-17-19-21-23-25-27-41-62(79)86-50-55(87-63(80)42-28-26-24-22-20-18-16-14-12-10-8-6-4-2)51-88-52-56(72)66(83)75-59(49-76)61(78)48-54(38-30-34-44-69)64(81)73-57(39-31-35-45-70)60(77)47-53(37-29-33-43-68)65(82)74-58(67(84)85)40-32-36-46-71/h53-59,76H,3-52,68-72H2,1-2H3,(H,73,81)(H,74,82)(H,75,83)(H,84,85)/t53-,54-,55?,56+,57+,58+,59+/m1/s1. The molecule has 0 aromatic heterocycles. The van der Waals surface area contributed by atoms with Crippen LogP contribution in [0.4, 0.5) is 0 Å². The van der Waals surface area contributed by atoms with Crippen molar-refractivity contribution in [1.82, 2.24) is 16.0 Å². The van der Waals surface area contributed by atoms with Gasteiger partial charge >= 0.3 is 17.9 Å². The van der Waals surface area contributed by atoms with Crippen LogP contribution in [0.3, 0.4) is 0 Å². The van der Waals surface area contributed by atoms with E-state index in [2.05, 4.69) is 29.8 Å². The Morgan fingerprint density at radius 1 is 0.420 bits per heavy atom. The van der Waals surface area contributed by atoms with Crippen molar-refractivity contribution in [1.29, 1.82) is 0 Å². The zero-order chi connectivity index (χ0) is 65.3. The maximum absolute atomic E-state index is 14.2. The number of carbonyl (C=O) groups excluding carboxylic acids is 7. The highest BCUT2D eigenvalue weighted by Crippen LogP contribution is 2.22. The quantitative estimate of drug-likeness (QED) is 0.0200. The number of carboxylic acids is 1. The van der Waals surface area contributed by atoms with Crippen molar-refractivity contribution >= 4 is 59.0 Å². The highest BCUT2D eigenvalue weighted by Gasteiger charge is 2.33. The number of aliphatic hydroxyl groups is 1. The summed E-state index contributed by atoms with van der Waals surface area (Å²) in [5.74, 6) is -6.63. The predicted octanol–water partition coefficient (Wildman–Crippen LogP) is 9.66. The van der Waals surface area contributed by atoms with Gasteiger partial charge in [0, 0.05) is 49.0 Å². The smallest absolute Gasteiger partial charge is 0.326 e. The second-order valence-corrected chi connectivity index (χ2v) is 25.6. The Kier molecular flexibility index (Phi) is 57.0. The third kappa shape index (κ3) is 47.2. The van der Waals surface area contributed by atoms with Crippen molar-refractivity contribution in [3.8, 4) is 0 Å². The minimum Gasteiger partial charge on any atom is -0.480 e. The molecule has 0 rings (SSSR count). The van der Waals surface area contributed by atoms with Crippen LogP contribution in [0.1, 0.15) is 284 Å². The number of amides is 3. The fraction of sp³-hybridized carbons (Fsp3) is 0.881. The lowest BCUT2D eigenvalue weighted by Crippen LogP contribution is -2.52. The van der Waals surface area contributed by atoms with Gasteiger partial charge in [-0.2, -0.15) is 11.8 Å². The first-order valence-corrected chi connectivity index (χ1v) is 36.1. The molecule has 21 heteroatoms. The number of nitrogens with two attached hydrogens (primary N) is 5. The molecular weight excluding hydrogens is 1140 g/mol. The van der Waals surface area contributed by atoms with E-state index in [1.54, 1.807) is 0 Å². The van der Waals surface area contributed by atoms with Crippen LogP contribution in [-0.4, -0.2) is 139 Å². The monoisotopic (exact) mass is 1270 g/mol. The Balaban J connectivity index is 5.81. The molecule has 0 radical (unpaired) electrons. The van der Waals surface area contributed by atoms with Gasteiger partial charge in [-0.05, 0) is 103 Å². The molecule has 0 aliphatic carbocycles. The zero-order valence-electron chi connectivity index (χ0n) is 55.2. The summed E-state index contributed by atoms with van der Waals surface area (Å²) in [5, 5.41) is 28.3. The van der Waals surface area contributed by atoms with Gasteiger partial charge in [0.15, 0.2) is 11.6 Å². The van der Waals surface area contributed by atoms with Gasteiger partial charge < -0.3 is 64.3 Å². The molecule has 0 heterocycles. The SMILES string of the molecule is CCCCCCCCCCCCCCCC(=O)OCC(CSC[C@H](N)C(=O)N[C@@H](CO)C(=O)C[C@@H](CCCCN)C(=O)N[C@@H](CCCCN)C(=O)C[C@@H](CCCCN)C(=O)N[C@@H](CCCCN)C(=O)O)OC(=O)CCCCCCCCCCCCCCC. The van der Waals surface area contributed by atoms with Gasteiger partial charge in [0.05, 0.1) is 18.7 Å². The second-order valence-electron chi connectivity index (χ2n) is 24.5. The average Bonchev–Trinajstić information content (AvgIpc) is 3.53. The van der Waals surface area contributed by atoms with Gasteiger partial charge in [0.25, 0.3) is 0 Å². The number of nitrogens with one attached hydrogen (secondary N) is 3. The van der Waals surface area contributed by atoms with Crippen LogP contribution in [0.2, 0.25) is 0 Å². The number of aliphatic carboxylic acids is 1. The van der Waals surface area contributed by atoms with Gasteiger partial charge in [0.2, 0.25) is 17.7 Å². The van der Waals surface area contributed by atoms with Crippen molar-refractivity contribution in [3.05, 3.63) is 0 Å². The molecule has 88 heavy (non-hydrogen) atoms. The lowest BCUT2D eigenvalue weighted by molar-refractivity contribution is -0.157. The van der Waals surface area contributed by atoms with Crippen LogP contribution in [0.25, 0.3) is 0 Å². The lowest BCUT2D eigenvalue weighted by atomic mass is 9.89. The first-order chi connectivity index (χ1) is 42.6. The van der Waals surface area contributed by atoms with E-state index in [9.17, 15) is 48.6 Å². The number of hydrogen-bond acceptors (Lipinski definition) is 17. The Bertz CT molecular complexity index is 1800. The Labute approximate surface area is 535 Å². The first-order valence-electron chi connectivity index (χ1n) is 34.9. The molecule has 0 saturated heterocycles. The summed E-state index contributed by atoms with van der Waals surface area (Å²) in [5.41, 5.74) is 29.3. The highest BCUT2D eigenvalue weighted by molar-refractivity contribution is 7.99. The predicted molar refractivity (Wildman–Crippen MR) is 355 cm³/mol. The zero-order valence-corrected chi connectivity index (χ0v) is 56.0. The summed E-state index contributed by atoms with van der Waals surface area (Å²) in [4.78, 5) is 107. The molecule has 0 aliphatic heterocycles. The van der Waals surface area contributed by atoms with Crippen LogP contribution in [0.5, 0.6) is 0 Å². The van der Waals surface area contributed by atoms with Gasteiger partial charge in [-0.25, -0.2) is 4.79 Å². The first kappa shape index (κ1) is 84.3. The fourth-order valence-electron chi connectivity index (χ4n) is 10.7. The minimum atomic E-state index is -1.42.